The van der Waals surface area contributed by atoms with Gasteiger partial charge in [-0.25, -0.2) is 17.2 Å². The van der Waals surface area contributed by atoms with Crippen molar-refractivity contribution in [3.8, 4) is 5.75 Å². The fourth-order valence-electron chi connectivity index (χ4n) is 2.97. The Morgan fingerprint density at radius 1 is 0.969 bits per heavy atom. The molecule has 0 unspecified atom stereocenters. The maximum Gasteiger partial charge on any atom is 0.243 e. The Morgan fingerprint density at radius 2 is 1.66 bits per heavy atom. The zero-order valence-corrected chi connectivity index (χ0v) is 18.1. The lowest BCUT2D eigenvalue weighted by Crippen LogP contribution is -2.37. The summed E-state index contributed by atoms with van der Waals surface area (Å²) < 4.78 is 59.5. The number of nitrogens with zero attached hydrogens (tertiary/aromatic N) is 1. The molecular weight excluding hydrogens is 438 g/mol. The largest absolute Gasteiger partial charge is 0.494 e. The van der Waals surface area contributed by atoms with E-state index in [0.717, 1.165) is 16.4 Å². The van der Waals surface area contributed by atoms with E-state index in [1.807, 2.05) is 6.92 Å². The van der Waals surface area contributed by atoms with E-state index in [4.69, 9.17) is 4.74 Å². The molecule has 0 spiro atoms. The highest BCUT2D eigenvalue weighted by atomic mass is 32.2. The number of carbonyl (C=O) groups excluding carboxylic acids is 1. The molecule has 0 atom stereocenters. The van der Waals surface area contributed by atoms with Crippen LogP contribution in [0.1, 0.15) is 12.5 Å². The first-order valence-electron chi connectivity index (χ1n) is 9.81. The van der Waals surface area contributed by atoms with Crippen LogP contribution in [0.5, 0.6) is 5.75 Å². The maximum atomic E-state index is 13.4. The molecule has 3 rings (SSSR count). The molecule has 0 fully saturated rings. The number of anilines is 1. The van der Waals surface area contributed by atoms with Crippen molar-refractivity contribution in [2.24, 2.45) is 0 Å². The second-order valence-corrected chi connectivity index (χ2v) is 8.78. The van der Waals surface area contributed by atoms with Crippen molar-refractivity contribution in [2.45, 2.75) is 18.4 Å². The van der Waals surface area contributed by atoms with Crippen molar-refractivity contribution >= 4 is 21.6 Å². The zero-order valence-electron chi connectivity index (χ0n) is 17.3. The molecule has 0 saturated carbocycles. The van der Waals surface area contributed by atoms with Crippen molar-refractivity contribution in [1.82, 2.24) is 4.31 Å². The van der Waals surface area contributed by atoms with E-state index in [1.165, 1.54) is 18.2 Å². The van der Waals surface area contributed by atoms with Crippen LogP contribution in [-0.2, 0) is 21.4 Å². The monoisotopic (exact) mass is 460 g/mol. The van der Waals surface area contributed by atoms with Crippen molar-refractivity contribution in [3.63, 3.8) is 0 Å². The molecule has 0 heterocycles. The van der Waals surface area contributed by atoms with E-state index in [-0.39, 0.29) is 17.1 Å². The van der Waals surface area contributed by atoms with Crippen LogP contribution < -0.4 is 10.1 Å². The predicted octanol–water partition coefficient (Wildman–Crippen LogP) is 4.19. The summed E-state index contributed by atoms with van der Waals surface area (Å²) in [6, 6.07) is 17.6. The number of hydrogen-bond acceptors (Lipinski definition) is 4. The Morgan fingerprint density at radius 3 is 2.28 bits per heavy atom. The molecule has 0 bridgehead atoms. The van der Waals surface area contributed by atoms with Gasteiger partial charge in [-0.1, -0.05) is 30.3 Å². The van der Waals surface area contributed by atoms with Gasteiger partial charge >= 0.3 is 0 Å². The third-order valence-electron chi connectivity index (χ3n) is 4.50. The summed E-state index contributed by atoms with van der Waals surface area (Å²) >= 11 is 0. The zero-order chi connectivity index (χ0) is 23.1. The van der Waals surface area contributed by atoms with E-state index in [2.05, 4.69) is 5.32 Å². The third kappa shape index (κ3) is 5.89. The summed E-state index contributed by atoms with van der Waals surface area (Å²) in [6.45, 7) is 1.68. The number of rotatable bonds is 9. The van der Waals surface area contributed by atoms with Crippen LogP contribution in [0.2, 0.25) is 0 Å². The second-order valence-electron chi connectivity index (χ2n) is 6.84. The number of carbonyl (C=O) groups is 1. The van der Waals surface area contributed by atoms with E-state index in [1.54, 1.807) is 42.5 Å². The Bertz CT molecular complexity index is 1170. The van der Waals surface area contributed by atoms with Crippen molar-refractivity contribution in [2.75, 3.05) is 18.5 Å². The molecule has 3 aromatic rings. The Labute approximate surface area is 185 Å². The SMILES string of the molecule is CCOc1ccc(S(=O)(=O)N(CC(=O)Nc2ccc(F)c(F)c2)Cc2ccccc2)cc1. The van der Waals surface area contributed by atoms with Crippen LogP contribution in [0.25, 0.3) is 0 Å². The van der Waals surface area contributed by atoms with Crippen LogP contribution in [0, 0.1) is 11.6 Å². The number of sulfonamides is 1. The molecule has 0 aromatic heterocycles. The molecule has 0 saturated heterocycles. The standard InChI is InChI=1S/C23H22F2N2O4S/c1-2-31-19-9-11-20(12-10-19)32(29,30)27(15-17-6-4-3-5-7-17)16-23(28)26-18-8-13-21(24)22(25)14-18/h3-14H,2,15-16H2,1H3,(H,26,28). The molecule has 0 aliphatic rings. The normalized spacial score (nSPS) is 11.4. The molecule has 168 valence electrons. The molecule has 3 aromatic carbocycles. The van der Waals surface area contributed by atoms with Crippen LogP contribution in [0.3, 0.4) is 0 Å². The fourth-order valence-corrected chi connectivity index (χ4v) is 4.36. The lowest BCUT2D eigenvalue weighted by molar-refractivity contribution is -0.116. The topological polar surface area (TPSA) is 75.7 Å². The van der Waals surface area contributed by atoms with Crippen molar-refractivity contribution in [1.29, 1.82) is 0 Å². The predicted molar refractivity (Wildman–Crippen MR) is 117 cm³/mol. The lowest BCUT2D eigenvalue weighted by Gasteiger charge is -2.22. The van der Waals surface area contributed by atoms with Crippen LogP contribution in [-0.4, -0.2) is 31.8 Å². The highest BCUT2D eigenvalue weighted by molar-refractivity contribution is 7.89. The van der Waals surface area contributed by atoms with E-state index in [9.17, 15) is 22.0 Å². The number of benzene rings is 3. The average Bonchev–Trinajstić information content (AvgIpc) is 2.77. The first-order chi connectivity index (χ1) is 15.3. The Hall–Kier alpha value is -3.30. The minimum absolute atomic E-state index is 0.00230. The Kier molecular flexibility index (Phi) is 7.55. The highest BCUT2D eigenvalue weighted by Crippen LogP contribution is 2.22. The molecule has 1 N–H and O–H groups in total. The molecule has 6 nitrogen and oxygen atoms in total. The summed E-state index contributed by atoms with van der Waals surface area (Å²) in [5, 5.41) is 2.40. The minimum Gasteiger partial charge on any atom is -0.494 e. The summed E-state index contributed by atoms with van der Waals surface area (Å²) in [4.78, 5) is 12.6. The van der Waals surface area contributed by atoms with Gasteiger partial charge < -0.3 is 10.1 Å². The molecule has 0 aliphatic carbocycles. The minimum atomic E-state index is -4.05. The van der Waals surface area contributed by atoms with Gasteiger partial charge in [0.05, 0.1) is 18.0 Å². The summed E-state index contributed by atoms with van der Waals surface area (Å²) in [7, 11) is -4.05. The maximum absolute atomic E-state index is 13.4. The van der Waals surface area contributed by atoms with Crippen molar-refractivity contribution < 1.29 is 26.7 Å². The van der Waals surface area contributed by atoms with Gasteiger partial charge in [0.1, 0.15) is 5.75 Å². The van der Waals surface area contributed by atoms with Gasteiger partial charge in [0, 0.05) is 18.3 Å². The van der Waals surface area contributed by atoms with E-state index >= 15 is 0 Å². The van der Waals surface area contributed by atoms with Gasteiger partial charge in [-0.05, 0) is 48.9 Å². The van der Waals surface area contributed by atoms with Gasteiger partial charge in [0.15, 0.2) is 11.6 Å². The third-order valence-corrected chi connectivity index (χ3v) is 6.30. The van der Waals surface area contributed by atoms with E-state index in [0.29, 0.717) is 17.9 Å². The Balaban J connectivity index is 1.85. The van der Waals surface area contributed by atoms with Gasteiger partial charge in [-0.3, -0.25) is 4.79 Å². The average molecular weight is 461 g/mol. The number of hydrogen-bond donors (Lipinski definition) is 1. The quantitative estimate of drug-likeness (QED) is 0.520. The summed E-state index contributed by atoms with van der Waals surface area (Å²) in [6.07, 6.45) is 0. The van der Waals surface area contributed by atoms with E-state index < -0.39 is 34.1 Å². The van der Waals surface area contributed by atoms with Gasteiger partial charge in [0.25, 0.3) is 0 Å². The molecule has 0 radical (unpaired) electrons. The first kappa shape index (κ1) is 23.4. The second kappa shape index (κ2) is 10.3. The number of halogens is 2. The van der Waals surface area contributed by atoms with Crippen LogP contribution >= 0.6 is 0 Å². The molecular formula is C23H22F2N2O4S. The van der Waals surface area contributed by atoms with Gasteiger partial charge in [-0.15, -0.1) is 0 Å². The highest BCUT2D eigenvalue weighted by Gasteiger charge is 2.27. The molecule has 9 heteroatoms. The van der Waals surface area contributed by atoms with Gasteiger partial charge in [0.2, 0.25) is 15.9 Å². The molecule has 0 aliphatic heterocycles. The summed E-state index contributed by atoms with van der Waals surface area (Å²) in [5.74, 6) is -2.34. The first-order valence-corrected chi connectivity index (χ1v) is 11.3. The van der Waals surface area contributed by atoms with Crippen LogP contribution in [0.4, 0.5) is 14.5 Å². The smallest absolute Gasteiger partial charge is 0.243 e. The molecule has 1 amide bonds. The van der Waals surface area contributed by atoms with Crippen molar-refractivity contribution in [3.05, 3.63) is 90.0 Å². The van der Waals surface area contributed by atoms with Gasteiger partial charge in [-0.2, -0.15) is 4.31 Å². The lowest BCUT2D eigenvalue weighted by atomic mass is 10.2. The summed E-state index contributed by atoms with van der Waals surface area (Å²) in [5.41, 5.74) is 0.703. The number of ether oxygens (including phenoxy) is 1. The number of nitrogens with one attached hydrogen (secondary N) is 1. The molecule has 32 heavy (non-hydrogen) atoms. The fraction of sp³-hybridized carbons (Fsp3) is 0.174. The number of amides is 1. The van der Waals surface area contributed by atoms with Crippen LogP contribution in [0.15, 0.2) is 77.7 Å².